The number of esters is 1. The Morgan fingerprint density at radius 3 is 2.80 bits per heavy atom. The number of carbonyl (C=O) groups is 2. The van der Waals surface area contributed by atoms with E-state index in [9.17, 15) is 9.59 Å². The number of aromatic amines is 1. The number of likely N-dealkylation sites (N-methyl/N-ethyl adjacent to an activating group) is 1. The van der Waals surface area contributed by atoms with Crippen LogP contribution in [0.2, 0.25) is 0 Å². The molecule has 0 saturated heterocycles. The second-order valence-electron chi connectivity index (χ2n) is 4.31. The molecule has 0 fully saturated rings. The van der Waals surface area contributed by atoms with Crippen LogP contribution in [-0.2, 0) is 9.53 Å². The first-order valence-electron chi connectivity index (χ1n) is 6.03. The first-order chi connectivity index (χ1) is 9.61. The molecule has 1 heterocycles. The molecule has 1 aromatic carbocycles. The van der Waals surface area contributed by atoms with Crippen LogP contribution in [0.5, 0.6) is 0 Å². The second-order valence-corrected chi connectivity index (χ2v) is 4.31. The van der Waals surface area contributed by atoms with Gasteiger partial charge in [0.05, 0.1) is 13.3 Å². The Morgan fingerprint density at radius 1 is 1.35 bits per heavy atom. The molecule has 104 valence electrons. The first-order valence-corrected chi connectivity index (χ1v) is 6.03. The van der Waals surface area contributed by atoms with Crippen molar-refractivity contribution in [2.45, 2.75) is 0 Å². The molecule has 6 heteroatoms. The van der Waals surface area contributed by atoms with Gasteiger partial charge in [-0.3, -0.25) is 14.7 Å². The Bertz CT molecular complexity index is 608. The molecule has 0 spiro atoms. The van der Waals surface area contributed by atoms with E-state index in [1.165, 1.54) is 12.0 Å². The molecule has 0 bridgehead atoms. The summed E-state index contributed by atoms with van der Waals surface area (Å²) in [5, 5.41) is 6.60. The third-order valence-corrected chi connectivity index (χ3v) is 2.88. The van der Waals surface area contributed by atoms with E-state index in [-0.39, 0.29) is 12.5 Å². The molecule has 0 atom stereocenters. The van der Waals surface area contributed by atoms with E-state index in [1.54, 1.807) is 37.6 Å². The van der Waals surface area contributed by atoms with Crippen LogP contribution in [-0.4, -0.2) is 47.7 Å². The molecular weight excluding hydrogens is 258 g/mol. The summed E-state index contributed by atoms with van der Waals surface area (Å²) in [6, 6.07) is 7.16. The zero-order chi connectivity index (χ0) is 14.5. The largest absolute Gasteiger partial charge is 0.468 e. The van der Waals surface area contributed by atoms with E-state index >= 15 is 0 Å². The summed E-state index contributed by atoms with van der Waals surface area (Å²) in [5.74, 6) is -0.687. The van der Waals surface area contributed by atoms with Crippen molar-refractivity contribution in [1.82, 2.24) is 15.1 Å². The van der Waals surface area contributed by atoms with E-state index < -0.39 is 5.97 Å². The van der Waals surface area contributed by atoms with Crippen LogP contribution in [0, 0.1) is 0 Å². The van der Waals surface area contributed by atoms with Gasteiger partial charge < -0.3 is 9.64 Å². The van der Waals surface area contributed by atoms with Crippen LogP contribution in [0.1, 0.15) is 10.4 Å². The van der Waals surface area contributed by atoms with Gasteiger partial charge >= 0.3 is 5.97 Å². The molecule has 1 N–H and O–H groups in total. The fourth-order valence-electron chi connectivity index (χ4n) is 1.79. The molecule has 0 aliphatic heterocycles. The van der Waals surface area contributed by atoms with Gasteiger partial charge in [-0.25, -0.2) is 0 Å². The fraction of sp³-hybridized carbons (Fsp3) is 0.214. The SMILES string of the molecule is COC(=O)CN(C)C(=O)c1cccc(-c2cn[nH]c2)c1. The van der Waals surface area contributed by atoms with Crippen molar-refractivity contribution in [1.29, 1.82) is 0 Å². The zero-order valence-corrected chi connectivity index (χ0v) is 11.3. The highest BCUT2D eigenvalue weighted by molar-refractivity contribution is 5.96. The number of rotatable bonds is 4. The molecule has 2 rings (SSSR count). The van der Waals surface area contributed by atoms with Crippen LogP contribution in [0.15, 0.2) is 36.7 Å². The van der Waals surface area contributed by atoms with Crippen molar-refractivity contribution < 1.29 is 14.3 Å². The molecule has 1 amide bonds. The lowest BCUT2D eigenvalue weighted by Crippen LogP contribution is -2.32. The van der Waals surface area contributed by atoms with Crippen molar-refractivity contribution >= 4 is 11.9 Å². The molecule has 1 aromatic heterocycles. The smallest absolute Gasteiger partial charge is 0.325 e. The van der Waals surface area contributed by atoms with Gasteiger partial charge in [0, 0.05) is 24.4 Å². The maximum atomic E-state index is 12.2. The van der Waals surface area contributed by atoms with E-state index in [0.29, 0.717) is 5.56 Å². The van der Waals surface area contributed by atoms with Crippen molar-refractivity contribution in [3.05, 3.63) is 42.2 Å². The van der Waals surface area contributed by atoms with Crippen molar-refractivity contribution in [2.75, 3.05) is 20.7 Å². The topological polar surface area (TPSA) is 75.3 Å². The summed E-state index contributed by atoms with van der Waals surface area (Å²) in [6.45, 7) is -0.0781. The molecular formula is C14H15N3O3. The standard InChI is InChI=1S/C14H15N3O3/c1-17(9-13(18)20-2)14(19)11-5-3-4-10(6-11)12-7-15-16-8-12/h3-8H,9H2,1-2H3,(H,15,16). The van der Waals surface area contributed by atoms with Gasteiger partial charge in [0.1, 0.15) is 6.54 Å². The number of nitrogens with zero attached hydrogens (tertiary/aromatic N) is 2. The lowest BCUT2D eigenvalue weighted by Gasteiger charge is -2.15. The maximum absolute atomic E-state index is 12.2. The van der Waals surface area contributed by atoms with Crippen LogP contribution in [0.3, 0.4) is 0 Å². The van der Waals surface area contributed by atoms with Crippen LogP contribution >= 0.6 is 0 Å². The highest BCUT2D eigenvalue weighted by Gasteiger charge is 2.15. The Kier molecular flexibility index (Phi) is 4.14. The monoisotopic (exact) mass is 273 g/mol. The molecule has 0 radical (unpaired) electrons. The number of aromatic nitrogens is 2. The minimum Gasteiger partial charge on any atom is -0.468 e. The van der Waals surface area contributed by atoms with Crippen LogP contribution < -0.4 is 0 Å². The third kappa shape index (κ3) is 3.03. The predicted octanol–water partition coefficient (Wildman–Crippen LogP) is 1.32. The van der Waals surface area contributed by atoms with Gasteiger partial charge in [-0.05, 0) is 17.7 Å². The van der Waals surface area contributed by atoms with Gasteiger partial charge in [0.15, 0.2) is 0 Å². The third-order valence-electron chi connectivity index (χ3n) is 2.88. The molecule has 6 nitrogen and oxygen atoms in total. The number of nitrogens with one attached hydrogen (secondary N) is 1. The number of ether oxygens (including phenoxy) is 1. The van der Waals surface area contributed by atoms with Crippen LogP contribution in [0.25, 0.3) is 11.1 Å². The minimum atomic E-state index is -0.452. The summed E-state index contributed by atoms with van der Waals surface area (Å²) in [4.78, 5) is 24.7. The summed E-state index contributed by atoms with van der Waals surface area (Å²) in [5.41, 5.74) is 2.29. The minimum absolute atomic E-state index is 0.0781. The van der Waals surface area contributed by atoms with Crippen molar-refractivity contribution in [3.63, 3.8) is 0 Å². The number of hydrogen-bond donors (Lipinski definition) is 1. The molecule has 0 unspecified atom stereocenters. The van der Waals surface area contributed by atoms with Crippen molar-refractivity contribution in [3.8, 4) is 11.1 Å². The van der Waals surface area contributed by atoms with Gasteiger partial charge in [0.2, 0.25) is 0 Å². The number of amides is 1. The molecule has 0 aliphatic carbocycles. The normalized spacial score (nSPS) is 10.1. The molecule has 0 saturated carbocycles. The second kappa shape index (κ2) is 6.01. The highest BCUT2D eigenvalue weighted by atomic mass is 16.5. The Labute approximate surface area is 116 Å². The molecule has 0 aliphatic rings. The van der Waals surface area contributed by atoms with Crippen molar-refractivity contribution in [2.24, 2.45) is 0 Å². The Balaban J connectivity index is 2.18. The Morgan fingerprint density at radius 2 is 2.15 bits per heavy atom. The quantitative estimate of drug-likeness (QED) is 0.852. The highest BCUT2D eigenvalue weighted by Crippen LogP contribution is 2.19. The summed E-state index contributed by atoms with van der Waals surface area (Å²) in [6.07, 6.45) is 3.43. The van der Waals surface area contributed by atoms with E-state index in [2.05, 4.69) is 14.9 Å². The predicted molar refractivity (Wildman–Crippen MR) is 73.0 cm³/mol. The van der Waals surface area contributed by atoms with Gasteiger partial charge in [-0.2, -0.15) is 5.10 Å². The number of hydrogen-bond acceptors (Lipinski definition) is 4. The Hall–Kier alpha value is -2.63. The first kappa shape index (κ1) is 13.8. The average Bonchev–Trinajstić information content (AvgIpc) is 3.00. The fourth-order valence-corrected chi connectivity index (χ4v) is 1.79. The number of H-pyrrole nitrogens is 1. The maximum Gasteiger partial charge on any atom is 0.325 e. The zero-order valence-electron chi connectivity index (χ0n) is 11.3. The summed E-state index contributed by atoms with van der Waals surface area (Å²) >= 11 is 0. The molecule has 2 aromatic rings. The summed E-state index contributed by atoms with van der Waals surface area (Å²) < 4.78 is 4.54. The van der Waals surface area contributed by atoms with E-state index in [1.807, 2.05) is 6.07 Å². The number of methoxy groups -OCH3 is 1. The van der Waals surface area contributed by atoms with E-state index in [0.717, 1.165) is 11.1 Å². The van der Waals surface area contributed by atoms with Gasteiger partial charge in [-0.1, -0.05) is 12.1 Å². The number of benzene rings is 1. The van der Waals surface area contributed by atoms with Gasteiger partial charge in [-0.15, -0.1) is 0 Å². The lowest BCUT2D eigenvalue weighted by molar-refractivity contribution is -0.141. The lowest BCUT2D eigenvalue weighted by atomic mass is 10.1. The van der Waals surface area contributed by atoms with Gasteiger partial charge in [0.25, 0.3) is 5.91 Å². The summed E-state index contributed by atoms with van der Waals surface area (Å²) in [7, 11) is 2.85. The molecule has 20 heavy (non-hydrogen) atoms. The van der Waals surface area contributed by atoms with Crippen LogP contribution in [0.4, 0.5) is 0 Å². The number of carbonyl (C=O) groups excluding carboxylic acids is 2. The van der Waals surface area contributed by atoms with E-state index in [4.69, 9.17) is 0 Å². The average molecular weight is 273 g/mol.